The number of carbonyl (C=O) groups is 5. The standard InChI is InChI=1S/C18H34N8O8/c1-7(27)12(20)15(31)24-9(4-3-5-23-18(21)22)14(30)26-13(8(2)28)16(32)25-10(17(33)34)6-11(19)29/h7-10,12-13,27-28H,3-6,20H2,1-2H3,(H2,19,29)(H,24,31)(H,25,32)(H,26,30)(H,33,34)(H4,21,22,23). The molecule has 6 atom stereocenters. The monoisotopic (exact) mass is 490 g/mol. The van der Waals surface area contributed by atoms with E-state index in [0.29, 0.717) is 0 Å². The van der Waals surface area contributed by atoms with Crippen LogP contribution in [0.2, 0.25) is 0 Å². The Labute approximate surface area is 195 Å². The second kappa shape index (κ2) is 14.6. The number of carboxylic acids is 1. The van der Waals surface area contributed by atoms with Crippen LogP contribution in [0.4, 0.5) is 0 Å². The number of nitrogens with zero attached hydrogens (tertiary/aromatic N) is 1. The second-order valence-electron chi connectivity index (χ2n) is 7.57. The van der Waals surface area contributed by atoms with Crippen molar-refractivity contribution in [3.05, 3.63) is 0 Å². The minimum atomic E-state index is -1.69. The summed E-state index contributed by atoms with van der Waals surface area (Å²) in [7, 11) is 0. The zero-order valence-corrected chi connectivity index (χ0v) is 18.9. The fourth-order valence-corrected chi connectivity index (χ4v) is 2.58. The van der Waals surface area contributed by atoms with Crippen molar-refractivity contribution in [2.45, 2.75) is 69.5 Å². The molecular weight excluding hydrogens is 456 g/mol. The van der Waals surface area contributed by atoms with Crippen molar-refractivity contribution in [1.82, 2.24) is 16.0 Å². The molecule has 4 amide bonds. The Hall–Kier alpha value is -3.50. The average Bonchev–Trinajstić information content (AvgIpc) is 2.71. The summed E-state index contributed by atoms with van der Waals surface area (Å²) in [6.07, 6.45) is -3.24. The number of hydrogen-bond donors (Lipinski definition) is 10. The first kappa shape index (κ1) is 30.5. The number of aliphatic carboxylic acids is 1. The van der Waals surface area contributed by atoms with Gasteiger partial charge in [0.1, 0.15) is 24.2 Å². The third-order valence-electron chi connectivity index (χ3n) is 4.48. The van der Waals surface area contributed by atoms with Gasteiger partial charge in [-0.25, -0.2) is 4.79 Å². The number of nitrogens with one attached hydrogen (secondary N) is 3. The molecule has 6 unspecified atom stereocenters. The maximum absolute atomic E-state index is 12.8. The molecule has 0 bridgehead atoms. The third-order valence-corrected chi connectivity index (χ3v) is 4.48. The molecule has 0 saturated heterocycles. The van der Waals surface area contributed by atoms with Crippen LogP contribution in [0.1, 0.15) is 33.1 Å². The molecule has 194 valence electrons. The highest BCUT2D eigenvalue weighted by Crippen LogP contribution is 2.04. The summed E-state index contributed by atoms with van der Waals surface area (Å²) < 4.78 is 0. The Balaban J connectivity index is 5.54. The molecule has 0 aromatic rings. The maximum atomic E-state index is 12.8. The largest absolute Gasteiger partial charge is 0.480 e. The van der Waals surface area contributed by atoms with Crippen LogP contribution in [0, 0.1) is 0 Å². The zero-order chi connectivity index (χ0) is 26.6. The van der Waals surface area contributed by atoms with E-state index in [1.54, 1.807) is 0 Å². The van der Waals surface area contributed by atoms with E-state index in [1.807, 2.05) is 5.32 Å². The van der Waals surface area contributed by atoms with Gasteiger partial charge in [-0.05, 0) is 26.7 Å². The maximum Gasteiger partial charge on any atom is 0.326 e. The molecule has 0 aromatic carbocycles. The van der Waals surface area contributed by atoms with Gasteiger partial charge in [-0.1, -0.05) is 0 Å². The van der Waals surface area contributed by atoms with Crippen LogP contribution < -0.4 is 38.9 Å². The number of aliphatic hydroxyl groups excluding tert-OH is 2. The van der Waals surface area contributed by atoms with E-state index in [2.05, 4.69) is 15.6 Å². The summed E-state index contributed by atoms with van der Waals surface area (Å²) in [6, 6.07) is -5.97. The molecule has 34 heavy (non-hydrogen) atoms. The summed E-state index contributed by atoms with van der Waals surface area (Å²) in [5.41, 5.74) is 21.0. The molecule has 16 nitrogen and oxygen atoms in total. The molecule has 0 aliphatic carbocycles. The lowest BCUT2D eigenvalue weighted by atomic mass is 10.1. The van der Waals surface area contributed by atoms with Crippen LogP contribution in [-0.4, -0.2) is 93.8 Å². The number of rotatable bonds is 15. The van der Waals surface area contributed by atoms with Crippen molar-refractivity contribution in [1.29, 1.82) is 0 Å². The predicted molar refractivity (Wildman–Crippen MR) is 118 cm³/mol. The first-order valence-electron chi connectivity index (χ1n) is 10.3. The molecule has 0 spiro atoms. The molecular formula is C18H34N8O8. The van der Waals surface area contributed by atoms with Crippen molar-refractivity contribution >= 4 is 35.6 Å². The van der Waals surface area contributed by atoms with Crippen molar-refractivity contribution in [3.8, 4) is 0 Å². The number of aliphatic imine (C=N–C) groups is 1. The highest BCUT2D eigenvalue weighted by Gasteiger charge is 2.33. The Morgan fingerprint density at radius 3 is 1.85 bits per heavy atom. The fourth-order valence-electron chi connectivity index (χ4n) is 2.58. The number of guanidine groups is 1. The summed E-state index contributed by atoms with van der Waals surface area (Å²) in [5.74, 6) is -5.62. The van der Waals surface area contributed by atoms with Crippen LogP contribution >= 0.6 is 0 Å². The van der Waals surface area contributed by atoms with E-state index in [9.17, 15) is 34.2 Å². The summed E-state index contributed by atoms with van der Waals surface area (Å²) in [5, 5.41) is 35.2. The van der Waals surface area contributed by atoms with Gasteiger partial charge in [0.15, 0.2) is 5.96 Å². The zero-order valence-electron chi connectivity index (χ0n) is 18.9. The molecule has 0 heterocycles. The third kappa shape index (κ3) is 11.4. The van der Waals surface area contributed by atoms with Crippen LogP contribution in [0.5, 0.6) is 0 Å². The lowest BCUT2D eigenvalue weighted by Crippen LogP contribution is -2.60. The SMILES string of the molecule is CC(O)C(N)C(=O)NC(CCCN=C(N)N)C(=O)NC(C(=O)NC(CC(N)=O)C(=O)O)C(C)O. The van der Waals surface area contributed by atoms with Gasteiger partial charge in [0.05, 0.1) is 18.6 Å². The van der Waals surface area contributed by atoms with Gasteiger partial charge in [-0.3, -0.25) is 24.2 Å². The Morgan fingerprint density at radius 1 is 0.853 bits per heavy atom. The highest BCUT2D eigenvalue weighted by atomic mass is 16.4. The molecule has 0 radical (unpaired) electrons. The van der Waals surface area contributed by atoms with Gasteiger partial charge in [-0.2, -0.15) is 0 Å². The van der Waals surface area contributed by atoms with Crippen molar-refractivity contribution in [3.63, 3.8) is 0 Å². The first-order chi connectivity index (χ1) is 15.7. The van der Waals surface area contributed by atoms with Crippen molar-refractivity contribution in [2.24, 2.45) is 27.9 Å². The topological polar surface area (TPSA) is 299 Å². The van der Waals surface area contributed by atoms with E-state index in [-0.39, 0.29) is 25.3 Å². The molecule has 16 heteroatoms. The second-order valence-corrected chi connectivity index (χ2v) is 7.57. The van der Waals surface area contributed by atoms with Crippen LogP contribution in [0.15, 0.2) is 4.99 Å². The average molecular weight is 491 g/mol. The first-order valence-corrected chi connectivity index (χ1v) is 10.3. The van der Waals surface area contributed by atoms with Crippen LogP contribution in [0.3, 0.4) is 0 Å². The fraction of sp³-hybridized carbons (Fsp3) is 0.667. The molecule has 0 fully saturated rings. The summed E-state index contributed by atoms with van der Waals surface area (Å²) in [4.78, 5) is 63.6. The number of amides is 4. The van der Waals surface area contributed by atoms with Crippen LogP contribution in [0.25, 0.3) is 0 Å². The van der Waals surface area contributed by atoms with E-state index in [0.717, 1.165) is 6.92 Å². The van der Waals surface area contributed by atoms with E-state index in [1.165, 1.54) is 6.92 Å². The molecule has 0 rings (SSSR count). The van der Waals surface area contributed by atoms with Gasteiger partial charge >= 0.3 is 5.97 Å². The minimum absolute atomic E-state index is 0.0194. The number of nitrogens with two attached hydrogens (primary N) is 4. The Kier molecular flexibility index (Phi) is 13.1. The van der Waals surface area contributed by atoms with Crippen LogP contribution in [-0.2, 0) is 24.0 Å². The summed E-state index contributed by atoms with van der Waals surface area (Å²) in [6.45, 7) is 2.54. The van der Waals surface area contributed by atoms with E-state index in [4.69, 9.17) is 28.0 Å². The quantitative estimate of drug-likeness (QED) is 0.0586. The van der Waals surface area contributed by atoms with Gasteiger partial charge < -0.3 is 54.2 Å². The van der Waals surface area contributed by atoms with Gasteiger partial charge in [0, 0.05) is 6.54 Å². The van der Waals surface area contributed by atoms with Gasteiger partial charge in [0.2, 0.25) is 23.6 Å². The summed E-state index contributed by atoms with van der Waals surface area (Å²) >= 11 is 0. The minimum Gasteiger partial charge on any atom is -0.480 e. The lowest BCUT2D eigenvalue weighted by Gasteiger charge is -2.26. The van der Waals surface area contributed by atoms with E-state index < -0.39 is 72.4 Å². The van der Waals surface area contributed by atoms with Crippen molar-refractivity contribution in [2.75, 3.05) is 6.54 Å². The molecule has 0 aliphatic heterocycles. The normalized spacial score (nSPS) is 16.0. The predicted octanol–water partition coefficient (Wildman–Crippen LogP) is -5.46. The number of carbonyl (C=O) groups excluding carboxylic acids is 4. The molecule has 0 aliphatic rings. The van der Waals surface area contributed by atoms with Gasteiger partial charge in [-0.15, -0.1) is 0 Å². The smallest absolute Gasteiger partial charge is 0.326 e. The number of aliphatic hydroxyl groups is 2. The van der Waals surface area contributed by atoms with Gasteiger partial charge in [0.25, 0.3) is 0 Å². The molecule has 14 N–H and O–H groups in total. The highest BCUT2D eigenvalue weighted by molar-refractivity contribution is 5.95. The Bertz CT molecular complexity index is 769. The molecule has 0 saturated carbocycles. The number of hydrogen-bond acceptors (Lipinski definition) is 9. The van der Waals surface area contributed by atoms with E-state index >= 15 is 0 Å². The molecule has 0 aromatic heterocycles. The number of primary amides is 1. The number of carboxylic acid groups (broad SMARTS) is 1. The lowest BCUT2D eigenvalue weighted by molar-refractivity contribution is -0.144. The Morgan fingerprint density at radius 2 is 1.41 bits per heavy atom. The van der Waals surface area contributed by atoms with Crippen molar-refractivity contribution < 1.29 is 39.3 Å².